The van der Waals surface area contributed by atoms with Crippen molar-refractivity contribution >= 4 is 39.1 Å². The monoisotopic (exact) mass is 533 g/mol. The Labute approximate surface area is 219 Å². The lowest BCUT2D eigenvalue weighted by molar-refractivity contribution is -0.140. The minimum atomic E-state index is -3.79. The van der Waals surface area contributed by atoms with Crippen molar-refractivity contribution in [3.05, 3.63) is 64.2 Å². The van der Waals surface area contributed by atoms with E-state index >= 15 is 0 Å². The molecule has 9 heteroatoms. The SMILES string of the molecule is CCC(C(=O)NC1CCCC1)N(Cc1ccc(C)cc1)C(=O)CN(c1ccc(Cl)cc1C)S(C)(=O)=O. The number of halogens is 1. The molecule has 1 N–H and O–H groups in total. The predicted molar refractivity (Wildman–Crippen MR) is 145 cm³/mol. The van der Waals surface area contributed by atoms with Gasteiger partial charge < -0.3 is 10.2 Å². The van der Waals surface area contributed by atoms with Gasteiger partial charge in [-0.25, -0.2) is 8.42 Å². The Hall–Kier alpha value is -2.58. The number of sulfonamides is 1. The molecule has 7 nitrogen and oxygen atoms in total. The zero-order chi connectivity index (χ0) is 26.5. The van der Waals surface area contributed by atoms with Crippen molar-refractivity contribution in [3.63, 3.8) is 0 Å². The number of aryl methyl sites for hydroxylation is 2. The van der Waals surface area contributed by atoms with Crippen LogP contribution in [-0.2, 0) is 26.2 Å². The first-order chi connectivity index (χ1) is 17.0. The van der Waals surface area contributed by atoms with E-state index in [2.05, 4.69) is 5.32 Å². The van der Waals surface area contributed by atoms with Gasteiger partial charge in [-0.3, -0.25) is 13.9 Å². The van der Waals surface area contributed by atoms with Crippen LogP contribution in [0.3, 0.4) is 0 Å². The van der Waals surface area contributed by atoms with Crippen LogP contribution in [0.1, 0.15) is 55.7 Å². The molecule has 0 saturated heterocycles. The Morgan fingerprint density at radius 2 is 1.72 bits per heavy atom. The van der Waals surface area contributed by atoms with E-state index in [9.17, 15) is 18.0 Å². The second-order valence-corrected chi connectivity index (χ2v) is 12.0. The van der Waals surface area contributed by atoms with Crippen molar-refractivity contribution in [2.75, 3.05) is 17.1 Å². The number of nitrogens with one attached hydrogen (secondary N) is 1. The zero-order valence-corrected chi connectivity index (χ0v) is 23.0. The predicted octanol–water partition coefficient (Wildman–Crippen LogP) is 4.59. The Kier molecular flexibility index (Phi) is 9.41. The van der Waals surface area contributed by atoms with Gasteiger partial charge in [-0.05, 0) is 62.4 Å². The summed E-state index contributed by atoms with van der Waals surface area (Å²) in [6.45, 7) is 5.38. The molecule has 0 aromatic heterocycles. The van der Waals surface area contributed by atoms with Crippen molar-refractivity contribution in [3.8, 4) is 0 Å². The smallest absolute Gasteiger partial charge is 0.244 e. The zero-order valence-electron chi connectivity index (χ0n) is 21.5. The number of nitrogens with zero attached hydrogens (tertiary/aromatic N) is 2. The highest BCUT2D eigenvalue weighted by Gasteiger charge is 2.33. The number of amides is 2. The van der Waals surface area contributed by atoms with Crippen molar-refractivity contribution in [1.29, 1.82) is 0 Å². The van der Waals surface area contributed by atoms with Gasteiger partial charge in [-0.2, -0.15) is 0 Å². The van der Waals surface area contributed by atoms with E-state index in [4.69, 9.17) is 11.6 Å². The third kappa shape index (κ3) is 7.23. The van der Waals surface area contributed by atoms with E-state index in [1.54, 1.807) is 25.1 Å². The molecular formula is C27H36ClN3O4S. The van der Waals surface area contributed by atoms with Gasteiger partial charge in [0.15, 0.2) is 0 Å². The fourth-order valence-corrected chi connectivity index (χ4v) is 5.80. The summed E-state index contributed by atoms with van der Waals surface area (Å²) in [6, 6.07) is 12.0. The summed E-state index contributed by atoms with van der Waals surface area (Å²) in [6.07, 6.45) is 5.52. The molecule has 0 heterocycles. The number of anilines is 1. The third-order valence-electron chi connectivity index (χ3n) is 6.67. The van der Waals surface area contributed by atoms with Gasteiger partial charge in [-0.15, -0.1) is 0 Å². The van der Waals surface area contributed by atoms with Crippen LogP contribution in [0.4, 0.5) is 5.69 Å². The first-order valence-corrected chi connectivity index (χ1v) is 14.6. The van der Waals surface area contributed by atoms with E-state index in [1.807, 2.05) is 38.1 Å². The second kappa shape index (κ2) is 12.1. The highest BCUT2D eigenvalue weighted by molar-refractivity contribution is 7.92. The molecule has 2 aromatic rings. The Bertz CT molecular complexity index is 1180. The van der Waals surface area contributed by atoms with Crippen LogP contribution in [0.25, 0.3) is 0 Å². The molecule has 1 aliphatic rings. The van der Waals surface area contributed by atoms with E-state index < -0.39 is 28.5 Å². The number of hydrogen-bond donors (Lipinski definition) is 1. The van der Waals surface area contributed by atoms with Gasteiger partial charge in [0.2, 0.25) is 21.8 Å². The van der Waals surface area contributed by atoms with Gasteiger partial charge >= 0.3 is 0 Å². The van der Waals surface area contributed by atoms with Crippen LogP contribution in [-0.4, -0.2) is 50.0 Å². The van der Waals surface area contributed by atoms with E-state index in [0.29, 0.717) is 22.7 Å². The van der Waals surface area contributed by atoms with Crippen LogP contribution in [0.5, 0.6) is 0 Å². The summed E-state index contributed by atoms with van der Waals surface area (Å²) in [7, 11) is -3.79. The van der Waals surface area contributed by atoms with Crippen LogP contribution < -0.4 is 9.62 Å². The lowest BCUT2D eigenvalue weighted by atomic mass is 10.1. The van der Waals surface area contributed by atoms with Gasteiger partial charge in [0.1, 0.15) is 12.6 Å². The topological polar surface area (TPSA) is 86.8 Å². The molecule has 1 atom stereocenters. The lowest BCUT2D eigenvalue weighted by Crippen LogP contribution is -2.53. The summed E-state index contributed by atoms with van der Waals surface area (Å²) < 4.78 is 26.6. The first kappa shape index (κ1) is 28.0. The van der Waals surface area contributed by atoms with E-state index in [-0.39, 0.29) is 18.5 Å². The second-order valence-electron chi connectivity index (χ2n) is 9.62. The molecule has 2 amide bonds. The summed E-state index contributed by atoms with van der Waals surface area (Å²) >= 11 is 6.07. The largest absolute Gasteiger partial charge is 0.352 e. The standard InChI is InChI=1S/C27H36ClN3O4S/c1-5-24(27(33)29-23-8-6-7-9-23)30(17-21-12-10-19(2)11-13-21)26(32)18-31(36(4,34)35)25-15-14-22(28)16-20(25)3/h10-16,23-24H,5-9,17-18H2,1-4H3,(H,29,33). The fourth-order valence-electron chi connectivity index (χ4n) is 4.67. The van der Waals surface area contributed by atoms with Crippen molar-refractivity contribution in [2.45, 2.75) is 71.5 Å². The van der Waals surface area contributed by atoms with E-state index in [0.717, 1.165) is 47.4 Å². The maximum absolute atomic E-state index is 13.8. The molecule has 2 aromatic carbocycles. The molecular weight excluding hydrogens is 498 g/mol. The lowest BCUT2D eigenvalue weighted by Gasteiger charge is -2.33. The molecule has 0 spiro atoms. The van der Waals surface area contributed by atoms with Crippen molar-refractivity contribution in [2.24, 2.45) is 0 Å². The number of carbonyl (C=O) groups excluding carboxylic acids is 2. The average molecular weight is 534 g/mol. The number of rotatable bonds is 10. The number of carbonyl (C=O) groups is 2. The fraction of sp³-hybridized carbons (Fsp3) is 0.481. The Balaban J connectivity index is 1.93. The molecule has 0 aliphatic heterocycles. The van der Waals surface area contributed by atoms with E-state index in [1.165, 1.54) is 4.90 Å². The van der Waals surface area contributed by atoms with Gasteiger partial charge in [0, 0.05) is 17.6 Å². The van der Waals surface area contributed by atoms with Gasteiger partial charge in [-0.1, -0.05) is 61.2 Å². The van der Waals surface area contributed by atoms with Crippen LogP contribution in [0.2, 0.25) is 5.02 Å². The van der Waals surface area contributed by atoms with Crippen LogP contribution in [0, 0.1) is 13.8 Å². The summed E-state index contributed by atoms with van der Waals surface area (Å²) in [5, 5.41) is 3.59. The summed E-state index contributed by atoms with van der Waals surface area (Å²) in [4.78, 5) is 28.6. The molecule has 1 unspecified atom stereocenters. The molecule has 0 radical (unpaired) electrons. The summed E-state index contributed by atoms with van der Waals surface area (Å²) in [5.74, 6) is -0.637. The molecule has 1 fully saturated rings. The Morgan fingerprint density at radius 3 is 2.28 bits per heavy atom. The minimum absolute atomic E-state index is 0.118. The number of hydrogen-bond acceptors (Lipinski definition) is 4. The maximum atomic E-state index is 13.8. The normalized spacial score (nSPS) is 14.9. The molecule has 196 valence electrons. The first-order valence-electron chi connectivity index (χ1n) is 12.4. The van der Waals surface area contributed by atoms with Crippen molar-refractivity contribution < 1.29 is 18.0 Å². The average Bonchev–Trinajstić information content (AvgIpc) is 3.31. The molecule has 36 heavy (non-hydrogen) atoms. The van der Waals surface area contributed by atoms with Gasteiger partial charge in [0.05, 0.1) is 11.9 Å². The highest BCUT2D eigenvalue weighted by Crippen LogP contribution is 2.26. The molecule has 1 saturated carbocycles. The number of benzene rings is 2. The molecule has 3 rings (SSSR count). The van der Waals surface area contributed by atoms with Crippen LogP contribution in [0.15, 0.2) is 42.5 Å². The van der Waals surface area contributed by atoms with Crippen molar-refractivity contribution in [1.82, 2.24) is 10.2 Å². The summed E-state index contributed by atoms with van der Waals surface area (Å²) in [5.41, 5.74) is 2.98. The molecule has 0 bridgehead atoms. The minimum Gasteiger partial charge on any atom is -0.352 e. The molecule has 1 aliphatic carbocycles. The highest BCUT2D eigenvalue weighted by atomic mass is 35.5. The quantitative estimate of drug-likeness (QED) is 0.484. The van der Waals surface area contributed by atoms with Crippen LogP contribution >= 0.6 is 11.6 Å². The van der Waals surface area contributed by atoms with Gasteiger partial charge in [0.25, 0.3) is 0 Å². The maximum Gasteiger partial charge on any atom is 0.244 e. The third-order valence-corrected chi connectivity index (χ3v) is 8.03. The Morgan fingerprint density at radius 1 is 1.08 bits per heavy atom.